The zero-order chi connectivity index (χ0) is 17.9. The van der Waals surface area contributed by atoms with Crippen LogP contribution in [0, 0.1) is 0 Å². The Kier molecular flexibility index (Phi) is 5.11. The highest BCUT2D eigenvalue weighted by Crippen LogP contribution is 2.28. The van der Waals surface area contributed by atoms with Gasteiger partial charge in [-0.1, -0.05) is 12.1 Å². The Hall–Kier alpha value is -2.57. The van der Waals surface area contributed by atoms with Crippen LogP contribution >= 0.6 is 0 Å². The summed E-state index contributed by atoms with van der Waals surface area (Å²) < 4.78 is 44.3. The van der Waals surface area contributed by atoms with Crippen molar-refractivity contribution in [2.75, 3.05) is 0 Å². The summed E-state index contributed by atoms with van der Waals surface area (Å²) in [5.74, 6) is -0.525. The molecule has 128 valence electrons. The van der Waals surface area contributed by atoms with Gasteiger partial charge in [-0.15, -0.1) is 0 Å². The first-order valence-corrected chi connectivity index (χ1v) is 7.24. The Bertz CT molecular complexity index is 794. The number of ether oxygens (including phenoxy) is 1. The van der Waals surface area contributed by atoms with Gasteiger partial charge in [0, 0.05) is 12.3 Å². The lowest BCUT2D eigenvalue weighted by molar-refractivity contribution is -0.138. The normalized spacial score (nSPS) is 11.6. The molecule has 4 nitrogen and oxygen atoms in total. The van der Waals surface area contributed by atoms with E-state index in [1.54, 1.807) is 32.0 Å². The molecule has 0 radical (unpaired) electrons. The van der Waals surface area contributed by atoms with Gasteiger partial charge in [0.05, 0.1) is 23.8 Å². The molecule has 0 unspecified atom stereocenters. The number of aromatic nitrogens is 1. The SMILES string of the molecule is CC(C)OC(=O)c1cccc(Cn2cc(C(F)(F)F)ccc2=O)c1. The van der Waals surface area contributed by atoms with Crippen molar-refractivity contribution in [3.05, 3.63) is 69.6 Å². The maximum absolute atomic E-state index is 12.8. The average Bonchev–Trinajstić information content (AvgIpc) is 2.48. The molecule has 1 aromatic heterocycles. The number of rotatable bonds is 4. The van der Waals surface area contributed by atoms with E-state index >= 15 is 0 Å². The Balaban J connectivity index is 2.29. The van der Waals surface area contributed by atoms with Crippen molar-refractivity contribution in [2.24, 2.45) is 0 Å². The number of esters is 1. The number of alkyl halides is 3. The van der Waals surface area contributed by atoms with Gasteiger partial charge < -0.3 is 9.30 Å². The van der Waals surface area contributed by atoms with Gasteiger partial charge in [0.15, 0.2) is 0 Å². The molecule has 0 aliphatic rings. The van der Waals surface area contributed by atoms with Crippen molar-refractivity contribution in [3.8, 4) is 0 Å². The predicted octanol–water partition coefficient (Wildman–Crippen LogP) is 3.48. The van der Waals surface area contributed by atoms with Crippen LogP contribution in [0.2, 0.25) is 0 Å². The van der Waals surface area contributed by atoms with E-state index in [0.717, 1.165) is 22.9 Å². The van der Waals surface area contributed by atoms with Gasteiger partial charge in [-0.2, -0.15) is 13.2 Å². The maximum Gasteiger partial charge on any atom is 0.417 e. The van der Waals surface area contributed by atoms with Crippen LogP contribution in [-0.4, -0.2) is 16.6 Å². The summed E-state index contributed by atoms with van der Waals surface area (Å²) in [7, 11) is 0. The molecule has 0 saturated carbocycles. The minimum atomic E-state index is -4.53. The molecule has 2 rings (SSSR count). The first-order valence-electron chi connectivity index (χ1n) is 7.24. The van der Waals surface area contributed by atoms with Gasteiger partial charge in [-0.05, 0) is 37.6 Å². The second-order valence-electron chi connectivity index (χ2n) is 5.54. The molecule has 2 aromatic rings. The Labute approximate surface area is 136 Å². The molecule has 1 aromatic carbocycles. The molecular weight excluding hydrogens is 323 g/mol. The molecule has 1 heterocycles. The first-order chi connectivity index (χ1) is 11.2. The first kappa shape index (κ1) is 17.8. The molecule has 0 amide bonds. The predicted molar refractivity (Wildman–Crippen MR) is 81.8 cm³/mol. The van der Waals surface area contributed by atoms with Crippen molar-refractivity contribution in [1.82, 2.24) is 4.57 Å². The summed E-state index contributed by atoms with van der Waals surface area (Å²) in [6.07, 6.45) is -4.05. The number of hydrogen-bond acceptors (Lipinski definition) is 3. The summed E-state index contributed by atoms with van der Waals surface area (Å²) in [4.78, 5) is 23.6. The average molecular weight is 339 g/mol. The lowest BCUT2D eigenvalue weighted by atomic mass is 10.1. The van der Waals surface area contributed by atoms with Crippen LogP contribution < -0.4 is 5.56 Å². The van der Waals surface area contributed by atoms with Crippen LogP contribution in [0.15, 0.2) is 47.4 Å². The number of carbonyl (C=O) groups is 1. The van der Waals surface area contributed by atoms with Gasteiger partial charge in [-0.3, -0.25) is 4.79 Å². The van der Waals surface area contributed by atoms with Crippen LogP contribution in [0.3, 0.4) is 0 Å². The minimum absolute atomic E-state index is 0.0778. The van der Waals surface area contributed by atoms with Gasteiger partial charge in [0.1, 0.15) is 0 Å². The molecule has 0 bridgehead atoms. The van der Waals surface area contributed by atoms with Crippen molar-refractivity contribution < 1.29 is 22.7 Å². The third-order valence-corrected chi connectivity index (χ3v) is 3.17. The molecule has 0 atom stereocenters. The molecule has 7 heteroatoms. The van der Waals surface area contributed by atoms with Gasteiger partial charge in [0.2, 0.25) is 0 Å². The zero-order valence-electron chi connectivity index (χ0n) is 13.1. The summed E-state index contributed by atoms with van der Waals surface area (Å²) in [5.41, 5.74) is -0.661. The summed E-state index contributed by atoms with van der Waals surface area (Å²) in [6, 6.07) is 7.87. The fourth-order valence-electron chi connectivity index (χ4n) is 2.10. The molecule has 0 saturated heterocycles. The summed E-state index contributed by atoms with van der Waals surface area (Å²) in [6.45, 7) is 3.35. The van der Waals surface area contributed by atoms with Gasteiger partial charge in [-0.25, -0.2) is 4.79 Å². The van der Waals surface area contributed by atoms with Crippen molar-refractivity contribution >= 4 is 5.97 Å². The Morgan fingerprint density at radius 2 is 1.92 bits per heavy atom. The maximum atomic E-state index is 12.8. The highest BCUT2D eigenvalue weighted by molar-refractivity contribution is 5.89. The zero-order valence-corrected chi connectivity index (χ0v) is 13.1. The number of pyridine rings is 1. The van der Waals surface area contributed by atoms with Gasteiger partial charge in [0.25, 0.3) is 5.56 Å². The minimum Gasteiger partial charge on any atom is -0.459 e. The van der Waals surface area contributed by atoms with Gasteiger partial charge >= 0.3 is 12.1 Å². The van der Waals surface area contributed by atoms with Crippen molar-refractivity contribution in [3.63, 3.8) is 0 Å². The number of carbonyl (C=O) groups excluding carboxylic acids is 1. The van der Waals surface area contributed by atoms with Crippen LogP contribution in [0.5, 0.6) is 0 Å². The molecule has 24 heavy (non-hydrogen) atoms. The number of nitrogens with zero attached hydrogens (tertiary/aromatic N) is 1. The van der Waals surface area contributed by atoms with E-state index in [1.807, 2.05) is 0 Å². The van der Waals surface area contributed by atoms with Crippen molar-refractivity contribution in [1.29, 1.82) is 0 Å². The Morgan fingerprint density at radius 3 is 2.54 bits per heavy atom. The van der Waals surface area contributed by atoms with E-state index in [9.17, 15) is 22.8 Å². The standard InChI is InChI=1S/C17H16F3NO3/c1-11(2)24-16(23)13-5-3-4-12(8-13)9-21-10-14(17(18,19)20)6-7-15(21)22/h3-8,10-11H,9H2,1-2H3. The fraction of sp³-hybridized carbons (Fsp3) is 0.294. The molecule has 0 aliphatic heterocycles. The van der Waals surface area contributed by atoms with E-state index in [-0.39, 0.29) is 18.2 Å². The lowest BCUT2D eigenvalue weighted by Gasteiger charge is -2.12. The highest BCUT2D eigenvalue weighted by Gasteiger charge is 2.31. The molecule has 0 fully saturated rings. The number of hydrogen-bond donors (Lipinski definition) is 0. The summed E-state index contributed by atoms with van der Waals surface area (Å²) in [5, 5.41) is 0. The van der Waals surface area contributed by atoms with E-state index in [2.05, 4.69) is 0 Å². The molecule has 0 aliphatic carbocycles. The van der Waals surface area contributed by atoms with Crippen LogP contribution in [0.4, 0.5) is 13.2 Å². The Morgan fingerprint density at radius 1 is 1.21 bits per heavy atom. The molecule has 0 N–H and O–H groups in total. The topological polar surface area (TPSA) is 48.3 Å². The van der Waals surface area contributed by atoms with E-state index in [0.29, 0.717) is 5.56 Å². The third-order valence-electron chi connectivity index (χ3n) is 3.17. The van der Waals surface area contributed by atoms with Crippen LogP contribution in [0.25, 0.3) is 0 Å². The van der Waals surface area contributed by atoms with E-state index < -0.39 is 23.3 Å². The largest absolute Gasteiger partial charge is 0.459 e. The van der Waals surface area contributed by atoms with Crippen LogP contribution in [-0.2, 0) is 17.5 Å². The lowest BCUT2D eigenvalue weighted by Crippen LogP contribution is -2.22. The summed E-state index contributed by atoms with van der Waals surface area (Å²) >= 11 is 0. The smallest absolute Gasteiger partial charge is 0.417 e. The number of halogens is 3. The third kappa shape index (κ3) is 4.47. The van der Waals surface area contributed by atoms with E-state index in [1.165, 1.54) is 6.07 Å². The second kappa shape index (κ2) is 6.90. The van der Waals surface area contributed by atoms with Crippen LogP contribution in [0.1, 0.15) is 35.3 Å². The van der Waals surface area contributed by atoms with Crippen molar-refractivity contribution in [2.45, 2.75) is 32.7 Å². The monoisotopic (exact) mass is 339 g/mol. The molecule has 0 spiro atoms. The fourth-order valence-corrected chi connectivity index (χ4v) is 2.10. The highest BCUT2D eigenvalue weighted by atomic mass is 19.4. The van der Waals surface area contributed by atoms with E-state index in [4.69, 9.17) is 4.74 Å². The second-order valence-corrected chi connectivity index (χ2v) is 5.54. The number of benzene rings is 1. The molecular formula is C17H16F3NO3. The quantitative estimate of drug-likeness (QED) is 0.801.